The number of hydrogen-bond acceptors (Lipinski definition) is 2. The Kier molecular flexibility index (Phi) is 6.61. The van der Waals surface area contributed by atoms with Gasteiger partial charge in [0.05, 0.1) is 5.69 Å². The van der Waals surface area contributed by atoms with Crippen LogP contribution in [-0.4, -0.2) is 44.4 Å². The smallest absolute Gasteiger partial charge is 0.279 e. The summed E-state index contributed by atoms with van der Waals surface area (Å²) in [7, 11) is 0. The van der Waals surface area contributed by atoms with E-state index in [0.717, 1.165) is 37.7 Å². The molecular formula is C21H26ClN3O2+2. The van der Waals surface area contributed by atoms with E-state index in [0.29, 0.717) is 17.8 Å². The second-order valence-electron chi connectivity index (χ2n) is 7.13. The van der Waals surface area contributed by atoms with Crippen molar-refractivity contribution >= 4 is 29.0 Å². The van der Waals surface area contributed by atoms with E-state index in [1.54, 1.807) is 18.2 Å². The standard InChI is InChI=1S/C21H24ClN3O2/c1-16(26)19-4-2-3-5-20(19)23-21(27)15-25-12-10-24(11-13-25)14-17-6-8-18(22)9-7-17/h2-9H,10-15H2,1H3,(H,23,27)/p+2. The van der Waals surface area contributed by atoms with Crippen LogP contribution in [0.15, 0.2) is 48.5 Å². The summed E-state index contributed by atoms with van der Waals surface area (Å²) in [5, 5.41) is 3.66. The molecule has 1 amide bonds. The molecule has 0 aliphatic carbocycles. The fourth-order valence-electron chi connectivity index (χ4n) is 3.52. The van der Waals surface area contributed by atoms with E-state index in [-0.39, 0.29) is 11.7 Å². The molecule has 1 heterocycles. The monoisotopic (exact) mass is 387 g/mol. The van der Waals surface area contributed by atoms with Gasteiger partial charge in [-0.05, 0) is 31.2 Å². The molecule has 142 valence electrons. The van der Waals surface area contributed by atoms with Gasteiger partial charge in [-0.25, -0.2) is 0 Å². The molecule has 2 aromatic carbocycles. The molecule has 0 saturated carbocycles. The van der Waals surface area contributed by atoms with Crippen LogP contribution in [0, 0.1) is 0 Å². The summed E-state index contributed by atoms with van der Waals surface area (Å²) < 4.78 is 0. The second-order valence-corrected chi connectivity index (χ2v) is 7.57. The Morgan fingerprint density at radius 1 is 0.963 bits per heavy atom. The lowest BCUT2D eigenvalue weighted by atomic mass is 10.1. The average molecular weight is 388 g/mol. The van der Waals surface area contributed by atoms with Gasteiger partial charge in [-0.2, -0.15) is 0 Å². The first-order valence-electron chi connectivity index (χ1n) is 9.32. The minimum atomic E-state index is -0.0438. The molecule has 0 radical (unpaired) electrons. The molecule has 1 aliphatic heterocycles. The fraction of sp³-hybridized carbons (Fsp3) is 0.333. The number of Topliss-reactive ketones (excluding diaryl/α,β-unsaturated/α-hetero) is 1. The van der Waals surface area contributed by atoms with Crippen molar-refractivity contribution in [1.82, 2.24) is 0 Å². The number of amides is 1. The van der Waals surface area contributed by atoms with Gasteiger partial charge in [0.25, 0.3) is 5.91 Å². The van der Waals surface area contributed by atoms with E-state index < -0.39 is 0 Å². The molecule has 27 heavy (non-hydrogen) atoms. The van der Waals surface area contributed by atoms with E-state index in [2.05, 4.69) is 17.4 Å². The molecule has 3 N–H and O–H groups in total. The zero-order chi connectivity index (χ0) is 19.2. The number of rotatable bonds is 6. The summed E-state index contributed by atoms with van der Waals surface area (Å²) in [6.07, 6.45) is 0. The molecule has 1 aliphatic rings. The maximum atomic E-state index is 12.4. The lowest BCUT2D eigenvalue weighted by Crippen LogP contribution is -3.28. The molecule has 6 heteroatoms. The Bertz CT molecular complexity index is 799. The first kappa shape index (κ1) is 19.5. The van der Waals surface area contributed by atoms with Gasteiger partial charge in [0.15, 0.2) is 12.3 Å². The van der Waals surface area contributed by atoms with E-state index in [4.69, 9.17) is 11.6 Å². The summed E-state index contributed by atoms with van der Waals surface area (Å²) in [6.45, 7) is 6.93. The van der Waals surface area contributed by atoms with Crippen LogP contribution < -0.4 is 15.1 Å². The maximum absolute atomic E-state index is 12.4. The first-order valence-corrected chi connectivity index (χ1v) is 9.70. The Balaban J connectivity index is 1.47. The first-order chi connectivity index (χ1) is 13.0. The fourth-order valence-corrected chi connectivity index (χ4v) is 3.65. The van der Waals surface area contributed by atoms with Crippen molar-refractivity contribution in [2.75, 3.05) is 38.0 Å². The normalized spacial score (nSPS) is 19.5. The maximum Gasteiger partial charge on any atom is 0.279 e. The van der Waals surface area contributed by atoms with Crippen molar-refractivity contribution in [1.29, 1.82) is 0 Å². The van der Waals surface area contributed by atoms with Crippen molar-refractivity contribution < 1.29 is 19.4 Å². The quantitative estimate of drug-likeness (QED) is 0.631. The number of hydrogen-bond donors (Lipinski definition) is 3. The van der Waals surface area contributed by atoms with E-state index in [9.17, 15) is 9.59 Å². The van der Waals surface area contributed by atoms with E-state index in [1.807, 2.05) is 18.2 Å². The third kappa shape index (κ3) is 5.63. The molecule has 3 rings (SSSR count). The lowest BCUT2D eigenvalue weighted by Gasteiger charge is -2.29. The zero-order valence-electron chi connectivity index (χ0n) is 15.6. The molecule has 5 nitrogen and oxygen atoms in total. The molecule has 0 spiro atoms. The molecule has 0 unspecified atom stereocenters. The van der Waals surface area contributed by atoms with Gasteiger partial charge in [0.2, 0.25) is 0 Å². The largest absolute Gasteiger partial charge is 0.322 e. The second kappa shape index (κ2) is 9.13. The number of halogens is 1. The Hall–Kier alpha value is -2.21. The van der Waals surface area contributed by atoms with Crippen LogP contribution >= 0.6 is 11.6 Å². The van der Waals surface area contributed by atoms with Crippen molar-refractivity contribution in [3.63, 3.8) is 0 Å². The van der Waals surface area contributed by atoms with Crippen LogP contribution in [0.4, 0.5) is 5.69 Å². The van der Waals surface area contributed by atoms with E-state index in [1.165, 1.54) is 22.3 Å². The lowest BCUT2D eigenvalue weighted by molar-refractivity contribution is -1.02. The summed E-state index contributed by atoms with van der Waals surface area (Å²) >= 11 is 5.94. The summed E-state index contributed by atoms with van der Waals surface area (Å²) in [5.41, 5.74) is 2.44. The van der Waals surface area contributed by atoms with Crippen molar-refractivity contribution in [3.8, 4) is 0 Å². The number of benzene rings is 2. The number of para-hydroxylation sites is 1. The minimum absolute atomic E-state index is 0.0418. The highest BCUT2D eigenvalue weighted by molar-refractivity contribution is 6.30. The van der Waals surface area contributed by atoms with E-state index >= 15 is 0 Å². The minimum Gasteiger partial charge on any atom is -0.322 e. The van der Waals surface area contributed by atoms with Crippen LogP contribution in [0.25, 0.3) is 0 Å². The SMILES string of the molecule is CC(=O)c1ccccc1NC(=O)C[NH+]1CC[NH+](Cc2ccc(Cl)cc2)CC1. The summed E-state index contributed by atoms with van der Waals surface area (Å²) in [6, 6.07) is 15.2. The average Bonchev–Trinajstić information content (AvgIpc) is 2.65. The third-order valence-electron chi connectivity index (χ3n) is 5.02. The van der Waals surface area contributed by atoms with Crippen LogP contribution in [0.2, 0.25) is 5.02 Å². The molecule has 0 bridgehead atoms. The van der Waals surface area contributed by atoms with Crippen LogP contribution in [0.5, 0.6) is 0 Å². The predicted molar refractivity (Wildman–Crippen MR) is 106 cm³/mol. The molecule has 1 fully saturated rings. The zero-order valence-corrected chi connectivity index (χ0v) is 16.3. The highest BCUT2D eigenvalue weighted by atomic mass is 35.5. The molecule has 2 aromatic rings. The van der Waals surface area contributed by atoms with Gasteiger partial charge in [0, 0.05) is 16.1 Å². The van der Waals surface area contributed by atoms with Crippen molar-refractivity contribution in [2.45, 2.75) is 13.5 Å². The van der Waals surface area contributed by atoms with Gasteiger partial charge >= 0.3 is 0 Å². The van der Waals surface area contributed by atoms with Gasteiger partial charge in [-0.1, -0.05) is 35.9 Å². The molecule has 0 aromatic heterocycles. The van der Waals surface area contributed by atoms with Crippen molar-refractivity contribution in [3.05, 3.63) is 64.7 Å². The number of carbonyl (C=O) groups excluding carboxylic acids is 2. The number of piperazine rings is 1. The predicted octanol–water partition coefficient (Wildman–Crippen LogP) is 0.465. The number of anilines is 1. The highest BCUT2D eigenvalue weighted by Crippen LogP contribution is 2.15. The van der Waals surface area contributed by atoms with Gasteiger partial charge in [-0.3, -0.25) is 9.59 Å². The number of quaternary nitrogens is 2. The Morgan fingerprint density at radius 2 is 1.59 bits per heavy atom. The molecular weight excluding hydrogens is 362 g/mol. The summed E-state index contributed by atoms with van der Waals surface area (Å²) in [4.78, 5) is 26.9. The van der Waals surface area contributed by atoms with Gasteiger partial charge in [0.1, 0.15) is 32.7 Å². The Morgan fingerprint density at radius 3 is 2.26 bits per heavy atom. The van der Waals surface area contributed by atoms with Crippen LogP contribution in [0.3, 0.4) is 0 Å². The highest BCUT2D eigenvalue weighted by Gasteiger charge is 2.25. The van der Waals surface area contributed by atoms with Gasteiger partial charge < -0.3 is 15.1 Å². The Labute approximate surface area is 164 Å². The van der Waals surface area contributed by atoms with Gasteiger partial charge in [-0.15, -0.1) is 0 Å². The van der Waals surface area contributed by atoms with Crippen LogP contribution in [0.1, 0.15) is 22.8 Å². The molecule has 0 atom stereocenters. The number of carbonyl (C=O) groups is 2. The third-order valence-corrected chi connectivity index (χ3v) is 5.27. The number of ketones is 1. The molecule has 1 saturated heterocycles. The topological polar surface area (TPSA) is 55.0 Å². The number of nitrogens with one attached hydrogen (secondary N) is 3. The summed E-state index contributed by atoms with van der Waals surface area (Å²) in [5.74, 6) is -0.0856. The van der Waals surface area contributed by atoms with Crippen molar-refractivity contribution in [2.24, 2.45) is 0 Å². The van der Waals surface area contributed by atoms with Crippen LogP contribution in [-0.2, 0) is 11.3 Å².